The van der Waals surface area contributed by atoms with Gasteiger partial charge in [0.05, 0.1) is 11.8 Å². The summed E-state index contributed by atoms with van der Waals surface area (Å²) >= 11 is 6.02. The van der Waals surface area contributed by atoms with E-state index in [4.69, 9.17) is 11.6 Å². The molecule has 0 bridgehead atoms. The molecule has 0 heterocycles. The van der Waals surface area contributed by atoms with Crippen LogP contribution in [0.25, 0.3) is 0 Å². The van der Waals surface area contributed by atoms with Gasteiger partial charge in [0.25, 0.3) is 0 Å². The first-order valence-corrected chi connectivity index (χ1v) is 7.16. The van der Waals surface area contributed by atoms with Gasteiger partial charge in [0.1, 0.15) is 0 Å². The van der Waals surface area contributed by atoms with E-state index < -0.39 is 17.8 Å². The van der Waals surface area contributed by atoms with Crippen LogP contribution in [0.2, 0.25) is 5.02 Å². The van der Waals surface area contributed by atoms with Gasteiger partial charge in [-0.25, -0.2) is 0 Å². The third-order valence-electron chi connectivity index (χ3n) is 3.86. The van der Waals surface area contributed by atoms with Gasteiger partial charge in [-0.05, 0) is 37.5 Å². The average molecular weight is 296 g/mol. The summed E-state index contributed by atoms with van der Waals surface area (Å²) in [7, 11) is 0. The van der Waals surface area contributed by atoms with Crippen molar-refractivity contribution >= 4 is 29.2 Å². The number of aryl methyl sites for hydroxylation is 1. The Morgan fingerprint density at radius 3 is 2.50 bits per heavy atom. The molecular formula is C15H18ClNO3. The van der Waals surface area contributed by atoms with Gasteiger partial charge in [0, 0.05) is 10.7 Å². The lowest BCUT2D eigenvalue weighted by Crippen LogP contribution is -2.36. The van der Waals surface area contributed by atoms with E-state index in [2.05, 4.69) is 5.32 Å². The Labute approximate surface area is 123 Å². The minimum Gasteiger partial charge on any atom is -0.481 e. The largest absolute Gasteiger partial charge is 0.481 e. The summed E-state index contributed by atoms with van der Waals surface area (Å²) in [5, 5.41) is 12.6. The third kappa shape index (κ3) is 3.31. The smallest absolute Gasteiger partial charge is 0.307 e. The minimum absolute atomic E-state index is 0.225. The summed E-state index contributed by atoms with van der Waals surface area (Å²) in [5.74, 6) is -2.14. The Bertz CT molecular complexity index is 530. The highest BCUT2D eigenvalue weighted by Gasteiger charge is 2.35. The predicted octanol–water partition coefficient (Wildman–Crippen LogP) is 3.48. The van der Waals surface area contributed by atoms with Gasteiger partial charge in [0.2, 0.25) is 5.91 Å². The minimum atomic E-state index is -0.883. The number of carboxylic acid groups (broad SMARTS) is 1. The van der Waals surface area contributed by atoms with E-state index in [-0.39, 0.29) is 5.91 Å². The Hall–Kier alpha value is -1.55. The maximum Gasteiger partial charge on any atom is 0.307 e. The van der Waals surface area contributed by atoms with Crippen molar-refractivity contribution in [2.75, 3.05) is 5.32 Å². The molecule has 0 aliphatic heterocycles. The van der Waals surface area contributed by atoms with Gasteiger partial charge < -0.3 is 10.4 Å². The number of nitrogens with one attached hydrogen (secondary N) is 1. The molecule has 2 rings (SSSR count). The van der Waals surface area contributed by atoms with Crippen LogP contribution in [0.4, 0.5) is 5.69 Å². The first-order valence-electron chi connectivity index (χ1n) is 6.79. The number of halogens is 1. The number of aliphatic carboxylic acids is 1. The molecule has 108 valence electrons. The first kappa shape index (κ1) is 14.9. The van der Waals surface area contributed by atoms with E-state index >= 15 is 0 Å². The van der Waals surface area contributed by atoms with Gasteiger partial charge in [-0.2, -0.15) is 0 Å². The Kier molecular flexibility index (Phi) is 4.65. The fourth-order valence-corrected chi connectivity index (χ4v) is 2.83. The monoisotopic (exact) mass is 295 g/mol. The van der Waals surface area contributed by atoms with Crippen LogP contribution in [0.15, 0.2) is 18.2 Å². The molecule has 0 aromatic heterocycles. The van der Waals surface area contributed by atoms with Gasteiger partial charge in [-0.15, -0.1) is 0 Å². The fourth-order valence-electron chi connectivity index (χ4n) is 2.65. The van der Waals surface area contributed by atoms with Crippen LogP contribution in [0.3, 0.4) is 0 Å². The molecule has 5 heteroatoms. The standard InChI is InChI=1S/C15H18ClNO3/c1-9-6-7-10(8-13(9)16)17-14(18)11-4-2-3-5-12(11)15(19)20/h6-8,11-12H,2-5H2,1H3,(H,17,18)(H,19,20)/t11-,12-/m1/s1. The zero-order valence-electron chi connectivity index (χ0n) is 11.4. The van der Waals surface area contributed by atoms with Gasteiger partial charge >= 0.3 is 5.97 Å². The number of hydrogen-bond acceptors (Lipinski definition) is 2. The van der Waals surface area contributed by atoms with Crippen LogP contribution in [0.1, 0.15) is 31.2 Å². The van der Waals surface area contributed by atoms with E-state index in [1.807, 2.05) is 13.0 Å². The summed E-state index contributed by atoms with van der Waals surface area (Å²) in [6.07, 6.45) is 2.97. The lowest BCUT2D eigenvalue weighted by atomic mass is 9.78. The molecule has 1 aromatic rings. The number of benzene rings is 1. The number of carbonyl (C=O) groups excluding carboxylic acids is 1. The third-order valence-corrected chi connectivity index (χ3v) is 4.27. The summed E-state index contributed by atoms with van der Waals surface area (Å²) < 4.78 is 0. The topological polar surface area (TPSA) is 66.4 Å². The SMILES string of the molecule is Cc1ccc(NC(=O)[C@@H]2CCCC[C@H]2C(=O)O)cc1Cl. The first-order chi connectivity index (χ1) is 9.49. The van der Waals surface area contributed by atoms with Crippen LogP contribution in [-0.4, -0.2) is 17.0 Å². The Morgan fingerprint density at radius 1 is 1.25 bits per heavy atom. The highest BCUT2D eigenvalue weighted by atomic mass is 35.5. The summed E-state index contributed by atoms with van der Waals surface area (Å²) in [4.78, 5) is 23.5. The molecule has 0 unspecified atom stereocenters. The van der Waals surface area contributed by atoms with Crippen molar-refractivity contribution in [3.63, 3.8) is 0 Å². The van der Waals surface area contributed by atoms with Crippen LogP contribution in [0.5, 0.6) is 0 Å². The Balaban J connectivity index is 2.09. The number of hydrogen-bond donors (Lipinski definition) is 2. The number of amides is 1. The number of carbonyl (C=O) groups is 2. The predicted molar refractivity (Wildman–Crippen MR) is 77.9 cm³/mol. The van der Waals surface area contributed by atoms with Crippen molar-refractivity contribution in [3.05, 3.63) is 28.8 Å². The number of anilines is 1. The van der Waals surface area contributed by atoms with E-state index in [0.29, 0.717) is 23.6 Å². The summed E-state index contributed by atoms with van der Waals surface area (Å²) in [6.45, 7) is 1.88. The van der Waals surface area contributed by atoms with E-state index in [0.717, 1.165) is 18.4 Å². The molecule has 0 saturated heterocycles. The molecule has 2 atom stereocenters. The molecule has 0 spiro atoms. The zero-order chi connectivity index (χ0) is 14.7. The normalized spacial score (nSPS) is 22.3. The highest BCUT2D eigenvalue weighted by Crippen LogP contribution is 2.31. The summed E-state index contributed by atoms with van der Waals surface area (Å²) in [6, 6.07) is 5.29. The van der Waals surface area contributed by atoms with E-state index in [1.165, 1.54) is 0 Å². The molecule has 1 aliphatic carbocycles. The number of rotatable bonds is 3. The van der Waals surface area contributed by atoms with Gasteiger partial charge in [0.15, 0.2) is 0 Å². The summed E-state index contributed by atoms with van der Waals surface area (Å²) in [5.41, 5.74) is 1.55. The molecule has 1 amide bonds. The van der Waals surface area contributed by atoms with Crippen LogP contribution >= 0.6 is 11.6 Å². The van der Waals surface area contributed by atoms with Crippen LogP contribution < -0.4 is 5.32 Å². The van der Waals surface area contributed by atoms with Crippen molar-refractivity contribution < 1.29 is 14.7 Å². The van der Waals surface area contributed by atoms with Crippen molar-refractivity contribution in [3.8, 4) is 0 Å². The maximum absolute atomic E-state index is 12.3. The van der Waals surface area contributed by atoms with Gasteiger partial charge in [-0.3, -0.25) is 9.59 Å². The quantitative estimate of drug-likeness (QED) is 0.897. The van der Waals surface area contributed by atoms with Crippen LogP contribution in [-0.2, 0) is 9.59 Å². The van der Waals surface area contributed by atoms with Crippen molar-refractivity contribution in [2.24, 2.45) is 11.8 Å². The lowest BCUT2D eigenvalue weighted by Gasteiger charge is -2.27. The molecule has 1 aliphatic rings. The molecule has 0 radical (unpaired) electrons. The number of carboxylic acids is 1. The molecule has 2 N–H and O–H groups in total. The maximum atomic E-state index is 12.3. The van der Waals surface area contributed by atoms with Crippen LogP contribution in [0, 0.1) is 18.8 Å². The molecule has 1 fully saturated rings. The molecular weight excluding hydrogens is 278 g/mol. The zero-order valence-corrected chi connectivity index (χ0v) is 12.1. The lowest BCUT2D eigenvalue weighted by molar-refractivity contribution is -0.147. The van der Waals surface area contributed by atoms with E-state index in [9.17, 15) is 14.7 Å². The second-order valence-electron chi connectivity index (χ2n) is 5.29. The Morgan fingerprint density at radius 2 is 1.90 bits per heavy atom. The van der Waals surface area contributed by atoms with Gasteiger partial charge in [-0.1, -0.05) is 30.5 Å². The van der Waals surface area contributed by atoms with Crippen molar-refractivity contribution in [1.29, 1.82) is 0 Å². The second-order valence-corrected chi connectivity index (χ2v) is 5.70. The second kappa shape index (κ2) is 6.27. The fraction of sp³-hybridized carbons (Fsp3) is 0.467. The highest BCUT2D eigenvalue weighted by molar-refractivity contribution is 6.31. The molecule has 1 aromatic carbocycles. The van der Waals surface area contributed by atoms with E-state index in [1.54, 1.807) is 12.1 Å². The molecule has 4 nitrogen and oxygen atoms in total. The van der Waals surface area contributed by atoms with Crippen molar-refractivity contribution in [1.82, 2.24) is 0 Å². The molecule has 1 saturated carbocycles. The van der Waals surface area contributed by atoms with Crippen molar-refractivity contribution in [2.45, 2.75) is 32.6 Å². The molecule has 20 heavy (non-hydrogen) atoms. The average Bonchev–Trinajstić information content (AvgIpc) is 2.43.